The lowest BCUT2D eigenvalue weighted by Gasteiger charge is -2.12. The number of hydrogen-bond donors (Lipinski definition) is 0. The van der Waals surface area contributed by atoms with Gasteiger partial charge >= 0.3 is 0 Å². The molecule has 1 aromatic heterocycles. The lowest BCUT2D eigenvalue weighted by Crippen LogP contribution is -2.29. The maximum absolute atomic E-state index is 12.3. The van der Waals surface area contributed by atoms with Gasteiger partial charge in [0.25, 0.3) is 11.8 Å². The maximum atomic E-state index is 12.3. The normalized spacial score (nSPS) is 13.8. The highest BCUT2D eigenvalue weighted by Crippen LogP contribution is 2.35. The van der Waals surface area contributed by atoms with Crippen LogP contribution in [0.15, 0.2) is 29.6 Å². The van der Waals surface area contributed by atoms with Crippen molar-refractivity contribution in [2.24, 2.45) is 0 Å². The molecule has 19 heavy (non-hydrogen) atoms. The Balaban J connectivity index is 2.17. The first-order valence-corrected chi connectivity index (χ1v) is 6.54. The van der Waals surface area contributed by atoms with E-state index in [1.165, 1.54) is 11.3 Å². The van der Waals surface area contributed by atoms with E-state index in [4.69, 9.17) is 0 Å². The summed E-state index contributed by atoms with van der Waals surface area (Å²) in [5, 5.41) is 2.17. The number of benzene rings is 1. The number of thiophene rings is 1. The first-order valence-electron chi connectivity index (χ1n) is 5.66. The topological polar surface area (TPSA) is 54.5 Å². The number of anilines is 1. The first kappa shape index (κ1) is 11.8. The zero-order valence-corrected chi connectivity index (χ0v) is 10.9. The molecule has 0 bridgehead atoms. The SMILES string of the molecule is Cc1csc(N2C(=O)c3ccccc3C2=O)c1C=O. The third-order valence-electron chi connectivity index (χ3n) is 3.12. The highest BCUT2D eigenvalue weighted by Gasteiger charge is 2.38. The van der Waals surface area contributed by atoms with Gasteiger partial charge in [-0.25, -0.2) is 4.90 Å². The number of aryl methyl sites for hydroxylation is 1. The van der Waals surface area contributed by atoms with Crippen LogP contribution in [0.4, 0.5) is 5.00 Å². The molecule has 3 rings (SSSR count). The quantitative estimate of drug-likeness (QED) is 0.623. The fourth-order valence-corrected chi connectivity index (χ4v) is 3.15. The summed E-state index contributed by atoms with van der Waals surface area (Å²) >= 11 is 1.23. The highest BCUT2D eigenvalue weighted by atomic mass is 32.1. The lowest BCUT2D eigenvalue weighted by molar-refractivity contribution is 0.0927. The van der Waals surface area contributed by atoms with E-state index in [1.807, 2.05) is 0 Å². The van der Waals surface area contributed by atoms with Gasteiger partial charge in [-0.2, -0.15) is 0 Å². The van der Waals surface area contributed by atoms with Crippen LogP contribution in [-0.4, -0.2) is 18.1 Å². The van der Waals surface area contributed by atoms with Gasteiger partial charge in [0.2, 0.25) is 0 Å². The molecule has 0 unspecified atom stereocenters. The van der Waals surface area contributed by atoms with Gasteiger partial charge in [-0.15, -0.1) is 11.3 Å². The van der Waals surface area contributed by atoms with Crippen LogP contribution in [-0.2, 0) is 0 Å². The van der Waals surface area contributed by atoms with Crippen molar-refractivity contribution in [1.29, 1.82) is 0 Å². The molecule has 94 valence electrons. The minimum Gasteiger partial charge on any atom is -0.298 e. The summed E-state index contributed by atoms with van der Waals surface area (Å²) in [7, 11) is 0. The fraction of sp³-hybridized carbons (Fsp3) is 0.0714. The lowest BCUT2D eigenvalue weighted by atomic mass is 10.1. The monoisotopic (exact) mass is 271 g/mol. The second-order valence-electron chi connectivity index (χ2n) is 4.25. The van der Waals surface area contributed by atoms with Crippen molar-refractivity contribution >= 4 is 34.4 Å². The number of rotatable bonds is 2. The number of aldehydes is 1. The third kappa shape index (κ3) is 1.55. The van der Waals surface area contributed by atoms with Crippen LogP contribution in [0.2, 0.25) is 0 Å². The molecule has 0 saturated heterocycles. The maximum Gasteiger partial charge on any atom is 0.266 e. The molecule has 1 aliphatic heterocycles. The summed E-state index contributed by atoms with van der Waals surface area (Å²) in [6, 6.07) is 6.68. The van der Waals surface area contributed by atoms with E-state index in [-0.39, 0.29) is 11.8 Å². The Hall–Kier alpha value is -2.27. The second-order valence-corrected chi connectivity index (χ2v) is 5.10. The van der Waals surface area contributed by atoms with Crippen LogP contribution in [0, 0.1) is 6.92 Å². The number of hydrogen-bond acceptors (Lipinski definition) is 4. The predicted molar refractivity (Wildman–Crippen MR) is 72.0 cm³/mol. The van der Waals surface area contributed by atoms with Gasteiger partial charge in [0.1, 0.15) is 5.00 Å². The number of fused-ring (bicyclic) bond motifs is 1. The minimum atomic E-state index is -0.370. The van der Waals surface area contributed by atoms with Crippen molar-refractivity contribution in [3.63, 3.8) is 0 Å². The minimum absolute atomic E-state index is 0.370. The zero-order valence-electron chi connectivity index (χ0n) is 10.0. The molecule has 1 aliphatic rings. The average molecular weight is 271 g/mol. The number of carbonyl (C=O) groups is 3. The first-order chi connectivity index (χ1) is 9.15. The van der Waals surface area contributed by atoms with Crippen LogP contribution in [0.25, 0.3) is 0 Å². The van der Waals surface area contributed by atoms with Gasteiger partial charge in [0.05, 0.1) is 16.7 Å². The molecule has 2 heterocycles. The van der Waals surface area contributed by atoms with Crippen LogP contribution in [0.1, 0.15) is 36.6 Å². The van der Waals surface area contributed by atoms with Gasteiger partial charge in [-0.3, -0.25) is 14.4 Å². The Bertz CT molecular complexity index is 682. The number of nitrogens with zero attached hydrogens (tertiary/aromatic N) is 1. The van der Waals surface area contributed by atoms with E-state index in [1.54, 1.807) is 36.6 Å². The molecule has 0 fully saturated rings. The molecule has 2 amide bonds. The molecule has 2 aromatic rings. The smallest absolute Gasteiger partial charge is 0.266 e. The molecule has 0 N–H and O–H groups in total. The second kappa shape index (κ2) is 4.13. The Labute approximate surface area is 113 Å². The summed E-state index contributed by atoms with van der Waals surface area (Å²) in [6.07, 6.45) is 0.685. The van der Waals surface area contributed by atoms with Crippen molar-refractivity contribution in [3.05, 3.63) is 51.9 Å². The number of imide groups is 1. The fourth-order valence-electron chi connectivity index (χ4n) is 2.13. The Morgan fingerprint density at radius 3 is 2.21 bits per heavy atom. The van der Waals surface area contributed by atoms with E-state index in [9.17, 15) is 14.4 Å². The van der Waals surface area contributed by atoms with E-state index in [0.717, 1.165) is 10.5 Å². The molecule has 0 spiro atoms. The standard InChI is InChI=1S/C14H9NO3S/c1-8-7-19-14(11(8)6-16)15-12(17)9-4-2-3-5-10(9)13(15)18/h2-7H,1H3. The molecule has 0 atom stereocenters. The molecule has 1 aromatic carbocycles. The van der Waals surface area contributed by atoms with Crippen molar-refractivity contribution in [3.8, 4) is 0 Å². The number of amides is 2. The summed E-state index contributed by atoms with van der Waals surface area (Å²) < 4.78 is 0. The van der Waals surface area contributed by atoms with Gasteiger partial charge < -0.3 is 0 Å². The highest BCUT2D eigenvalue weighted by molar-refractivity contribution is 7.15. The van der Waals surface area contributed by atoms with E-state index in [2.05, 4.69) is 0 Å². The van der Waals surface area contributed by atoms with E-state index >= 15 is 0 Å². The van der Waals surface area contributed by atoms with Crippen molar-refractivity contribution in [1.82, 2.24) is 0 Å². The van der Waals surface area contributed by atoms with Crippen molar-refractivity contribution < 1.29 is 14.4 Å². The summed E-state index contributed by atoms with van der Waals surface area (Å²) in [4.78, 5) is 36.8. The molecule has 4 nitrogen and oxygen atoms in total. The van der Waals surface area contributed by atoms with Crippen molar-refractivity contribution in [2.45, 2.75) is 6.92 Å². The van der Waals surface area contributed by atoms with Crippen LogP contribution in [0.3, 0.4) is 0 Å². The number of carbonyl (C=O) groups excluding carboxylic acids is 3. The van der Waals surface area contributed by atoms with Gasteiger partial charge in [-0.1, -0.05) is 12.1 Å². The average Bonchev–Trinajstić information content (AvgIpc) is 2.90. The summed E-state index contributed by atoms with van der Waals surface area (Å²) in [6.45, 7) is 1.78. The third-order valence-corrected chi connectivity index (χ3v) is 4.21. The van der Waals surface area contributed by atoms with Gasteiger partial charge in [-0.05, 0) is 30.0 Å². The van der Waals surface area contributed by atoms with Crippen LogP contribution < -0.4 is 4.90 Å². The Morgan fingerprint density at radius 2 is 1.68 bits per heavy atom. The Kier molecular flexibility index (Phi) is 2.57. The van der Waals surface area contributed by atoms with Gasteiger partial charge in [0, 0.05) is 0 Å². The molecular weight excluding hydrogens is 262 g/mol. The van der Waals surface area contributed by atoms with Crippen LogP contribution in [0.5, 0.6) is 0 Å². The molecular formula is C14H9NO3S. The Morgan fingerprint density at radius 1 is 1.11 bits per heavy atom. The summed E-state index contributed by atoms with van der Waals surface area (Å²) in [5.41, 5.74) is 1.94. The molecule has 0 saturated carbocycles. The van der Waals surface area contributed by atoms with Gasteiger partial charge in [0.15, 0.2) is 6.29 Å². The predicted octanol–water partition coefficient (Wildman–Crippen LogP) is 2.67. The largest absolute Gasteiger partial charge is 0.298 e. The molecule has 0 radical (unpaired) electrons. The van der Waals surface area contributed by atoms with E-state index < -0.39 is 0 Å². The van der Waals surface area contributed by atoms with Crippen molar-refractivity contribution in [2.75, 3.05) is 4.90 Å². The molecule has 0 aliphatic carbocycles. The molecule has 5 heteroatoms. The van der Waals surface area contributed by atoms with E-state index in [0.29, 0.717) is 28.0 Å². The van der Waals surface area contributed by atoms with Crippen LogP contribution >= 0.6 is 11.3 Å². The summed E-state index contributed by atoms with van der Waals surface area (Å²) in [5.74, 6) is -0.740. The zero-order chi connectivity index (χ0) is 13.6.